The molecule has 1 aromatic heterocycles. The minimum atomic E-state index is 0.592. The summed E-state index contributed by atoms with van der Waals surface area (Å²) in [6.07, 6.45) is 3.53. The molecule has 0 saturated carbocycles. The molecule has 0 bridgehead atoms. The molecule has 2 heterocycles. The number of methoxy groups -OCH3 is 1. The summed E-state index contributed by atoms with van der Waals surface area (Å²) in [5.74, 6) is 1.50. The number of para-hydroxylation sites is 1. The number of ether oxygens (including phenoxy) is 2. The van der Waals surface area contributed by atoms with Crippen LogP contribution >= 0.6 is 0 Å². The fraction of sp³-hybridized carbons (Fsp3) is 0.333. The number of nitrogens with two attached hydrogens (primary N) is 1. The zero-order valence-electron chi connectivity index (χ0n) is 12.0. The van der Waals surface area contributed by atoms with E-state index in [1.165, 1.54) is 0 Å². The van der Waals surface area contributed by atoms with Gasteiger partial charge in [0, 0.05) is 18.7 Å². The van der Waals surface area contributed by atoms with Crippen LogP contribution in [0.15, 0.2) is 30.6 Å². The predicted molar refractivity (Wildman–Crippen MR) is 81.5 cm³/mol. The minimum Gasteiger partial charge on any atom is -0.494 e. The molecule has 2 aromatic rings. The van der Waals surface area contributed by atoms with Gasteiger partial charge in [0.1, 0.15) is 5.82 Å². The van der Waals surface area contributed by atoms with Crippen LogP contribution in [-0.2, 0) is 4.74 Å². The molecule has 6 heteroatoms. The average Bonchev–Trinajstić information content (AvgIpc) is 2.55. The summed E-state index contributed by atoms with van der Waals surface area (Å²) in [6, 6.07) is 5.61. The molecule has 1 aromatic carbocycles. The van der Waals surface area contributed by atoms with Gasteiger partial charge in [0.05, 0.1) is 44.1 Å². The first kappa shape index (κ1) is 13.6. The molecule has 0 radical (unpaired) electrons. The summed E-state index contributed by atoms with van der Waals surface area (Å²) in [6.45, 7) is 3.14. The van der Waals surface area contributed by atoms with Gasteiger partial charge >= 0.3 is 0 Å². The van der Waals surface area contributed by atoms with Gasteiger partial charge in [-0.15, -0.1) is 0 Å². The highest BCUT2D eigenvalue weighted by atomic mass is 16.5. The van der Waals surface area contributed by atoms with Crippen molar-refractivity contribution in [3.63, 3.8) is 0 Å². The van der Waals surface area contributed by atoms with Crippen molar-refractivity contribution in [1.82, 2.24) is 9.97 Å². The Balaban J connectivity index is 1.89. The van der Waals surface area contributed by atoms with Gasteiger partial charge in [-0.2, -0.15) is 0 Å². The topological polar surface area (TPSA) is 73.5 Å². The maximum atomic E-state index is 5.92. The Morgan fingerprint density at radius 2 is 2.00 bits per heavy atom. The second kappa shape index (κ2) is 5.97. The molecule has 1 aliphatic heterocycles. The molecule has 0 spiro atoms. The molecular weight excluding hydrogens is 268 g/mol. The van der Waals surface area contributed by atoms with Crippen molar-refractivity contribution in [2.24, 2.45) is 0 Å². The SMILES string of the molecule is COc1c(N)cccc1-c1cnc(N2CCOCC2)cn1. The summed E-state index contributed by atoms with van der Waals surface area (Å²) in [5.41, 5.74) is 8.10. The fourth-order valence-electron chi connectivity index (χ4n) is 2.40. The van der Waals surface area contributed by atoms with Crippen molar-refractivity contribution in [3.8, 4) is 17.0 Å². The van der Waals surface area contributed by atoms with E-state index in [0.29, 0.717) is 11.4 Å². The van der Waals surface area contributed by atoms with Gasteiger partial charge in [-0.25, -0.2) is 4.98 Å². The van der Waals surface area contributed by atoms with E-state index in [-0.39, 0.29) is 0 Å². The largest absolute Gasteiger partial charge is 0.494 e. The van der Waals surface area contributed by atoms with Crippen LogP contribution in [0.1, 0.15) is 0 Å². The average molecular weight is 286 g/mol. The van der Waals surface area contributed by atoms with E-state index in [9.17, 15) is 0 Å². The second-order valence-corrected chi connectivity index (χ2v) is 4.79. The van der Waals surface area contributed by atoms with E-state index in [2.05, 4.69) is 14.9 Å². The Kier molecular flexibility index (Phi) is 3.87. The number of rotatable bonds is 3. The van der Waals surface area contributed by atoms with Crippen molar-refractivity contribution in [2.75, 3.05) is 44.0 Å². The fourth-order valence-corrected chi connectivity index (χ4v) is 2.40. The zero-order chi connectivity index (χ0) is 14.7. The number of nitrogens with zero attached hydrogens (tertiary/aromatic N) is 3. The lowest BCUT2D eigenvalue weighted by Gasteiger charge is -2.27. The van der Waals surface area contributed by atoms with Gasteiger partial charge in [0.15, 0.2) is 5.75 Å². The van der Waals surface area contributed by atoms with Gasteiger partial charge in [-0.3, -0.25) is 4.98 Å². The third-order valence-electron chi connectivity index (χ3n) is 3.50. The lowest BCUT2D eigenvalue weighted by Crippen LogP contribution is -2.36. The van der Waals surface area contributed by atoms with E-state index in [1.807, 2.05) is 12.1 Å². The molecule has 3 rings (SSSR count). The Morgan fingerprint density at radius 3 is 2.67 bits per heavy atom. The second-order valence-electron chi connectivity index (χ2n) is 4.79. The van der Waals surface area contributed by atoms with Crippen LogP contribution in [0, 0.1) is 0 Å². The molecule has 0 amide bonds. The highest BCUT2D eigenvalue weighted by Crippen LogP contribution is 2.33. The van der Waals surface area contributed by atoms with E-state index in [0.717, 1.165) is 43.4 Å². The normalized spacial score (nSPS) is 15.0. The molecule has 2 N–H and O–H groups in total. The van der Waals surface area contributed by atoms with Crippen LogP contribution < -0.4 is 15.4 Å². The van der Waals surface area contributed by atoms with E-state index in [4.69, 9.17) is 15.2 Å². The molecule has 0 unspecified atom stereocenters. The van der Waals surface area contributed by atoms with E-state index >= 15 is 0 Å². The summed E-state index contributed by atoms with van der Waals surface area (Å²) in [5, 5.41) is 0. The number of hydrogen-bond acceptors (Lipinski definition) is 6. The molecule has 6 nitrogen and oxygen atoms in total. The highest BCUT2D eigenvalue weighted by molar-refractivity contribution is 5.74. The first-order valence-corrected chi connectivity index (χ1v) is 6.87. The summed E-state index contributed by atoms with van der Waals surface area (Å²) in [7, 11) is 1.60. The zero-order valence-corrected chi connectivity index (χ0v) is 12.0. The Hall–Kier alpha value is -2.34. The van der Waals surface area contributed by atoms with Crippen LogP contribution in [0.25, 0.3) is 11.3 Å². The van der Waals surface area contributed by atoms with Gasteiger partial charge in [0.2, 0.25) is 0 Å². The number of hydrogen-bond donors (Lipinski definition) is 1. The monoisotopic (exact) mass is 286 g/mol. The first-order valence-electron chi connectivity index (χ1n) is 6.87. The van der Waals surface area contributed by atoms with Crippen LogP contribution in [0.4, 0.5) is 11.5 Å². The summed E-state index contributed by atoms with van der Waals surface area (Å²) in [4.78, 5) is 11.2. The van der Waals surface area contributed by atoms with E-state index < -0.39 is 0 Å². The first-order chi connectivity index (χ1) is 10.3. The van der Waals surface area contributed by atoms with Crippen LogP contribution in [0.5, 0.6) is 5.75 Å². The number of anilines is 2. The molecule has 0 aliphatic carbocycles. The third kappa shape index (κ3) is 2.75. The molecule has 110 valence electrons. The number of nitrogen functional groups attached to an aromatic ring is 1. The molecule has 1 saturated heterocycles. The van der Waals surface area contributed by atoms with Gasteiger partial charge in [-0.1, -0.05) is 6.07 Å². The summed E-state index contributed by atoms with van der Waals surface area (Å²) < 4.78 is 10.7. The highest BCUT2D eigenvalue weighted by Gasteiger charge is 2.14. The van der Waals surface area contributed by atoms with Crippen molar-refractivity contribution >= 4 is 11.5 Å². The smallest absolute Gasteiger partial charge is 0.151 e. The van der Waals surface area contributed by atoms with Crippen molar-refractivity contribution in [2.45, 2.75) is 0 Å². The Bertz CT molecular complexity index is 610. The maximum Gasteiger partial charge on any atom is 0.151 e. The minimum absolute atomic E-state index is 0.592. The number of morpholine rings is 1. The van der Waals surface area contributed by atoms with Crippen LogP contribution in [0.3, 0.4) is 0 Å². The van der Waals surface area contributed by atoms with Crippen LogP contribution in [0.2, 0.25) is 0 Å². The molecule has 21 heavy (non-hydrogen) atoms. The number of aromatic nitrogens is 2. The van der Waals surface area contributed by atoms with Gasteiger partial charge in [-0.05, 0) is 12.1 Å². The Labute approximate surface area is 123 Å². The van der Waals surface area contributed by atoms with Gasteiger partial charge in [0.25, 0.3) is 0 Å². The molecule has 0 atom stereocenters. The quantitative estimate of drug-likeness (QED) is 0.863. The summed E-state index contributed by atoms with van der Waals surface area (Å²) >= 11 is 0. The predicted octanol–water partition coefficient (Wildman–Crippen LogP) is 1.57. The van der Waals surface area contributed by atoms with Crippen LogP contribution in [-0.4, -0.2) is 43.4 Å². The van der Waals surface area contributed by atoms with Crippen molar-refractivity contribution in [1.29, 1.82) is 0 Å². The molecular formula is C15H18N4O2. The number of benzene rings is 1. The standard InChI is InChI=1S/C15H18N4O2/c1-20-15-11(3-2-4-12(15)16)13-9-18-14(10-17-13)19-5-7-21-8-6-19/h2-4,9-10H,5-8,16H2,1H3. The molecule has 1 fully saturated rings. The third-order valence-corrected chi connectivity index (χ3v) is 3.50. The van der Waals surface area contributed by atoms with Crippen molar-refractivity contribution in [3.05, 3.63) is 30.6 Å². The maximum absolute atomic E-state index is 5.92. The lowest BCUT2D eigenvalue weighted by molar-refractivity contribution is 0.122. The molecule has 1 aliphatic rings. The van der Waals surface area contributed by atoms with Gasteiger partial charge < -0.3 is 20.1 Å². The van der Waals surface area contributed by atoms with E-state index in [1.54, 1.807) is 25.6 Å². The Morgan fingerprint density at radius 1 is 1.19 bits per heavy atom. The van der Waals surface area contributed by atoms with Crippen molar-refractivity contribution < 1.29 is 9.47 Å². The lowest BCUT2D eigenvalue weighted by atomic mass is 10.1.